The zero-order valence-electron chi connectivity index (χ0n) is 5.79. The smallest absolute Gasteiger partial charge is 0.348 e. The summed E-state index contributed by atoms with van der Waals surface area (Å²) in [6, 6.07) is 0. The van der Waals surface area contributed by atoms with Crippen LogP contribution < -0.4 is 5.73 Å². The van der Waals surface area contributed by atoms with Crippen LogP contribution in [0, 0.1) is 0 Å². The van der Waals surface area contributed by atoms with Crippen LogP contribution in [0.2, 0.25) is 0 Å². The maximum Gasteiger partial charge on any atom is 0.348 e. The minimum atomic E-state index is -3.86. The first-order valence-electron chi connectivity index (χ1n) is 2.89. The van der Waals surface area contributed by atoms with Gasteiger partial charge in [-0.05, 0) is 15.9 Å². The van der Waals surface area contributed by atoms with Gasteiger partial charge in [0.05, 0.1) is 0 Å². The highest BCUT2D eigenvalue weighted by atomic mass is 79.9. The van der Waals surface area contributed by atoms with Gasteiger partial charge in [-0.3, -0.25) is 4.79 Å². The molecule has 0 rings (SSSR count). The Morgan fingerprint density at radius 3 is 2.17 bits per heavy atom. The van der Waals surface area contributed by atoms with Crippen molar-refractivity contribution >= 4 is 33.4 Å². The number of hydrogen-bond donors (Lipinski definition) is 1. The predicted octanol–water partition coefficient (Wildman–Crippen LogP) is 2.14. The zero-order chi connectivity index (χ0) is 9.99. The second kappa shape index (κ2) is 3.83. The first-order chi connectivity index (χ1) is 5.17. The van der Waals surface area contributed by atoms with Gasteiger partial charge >= 0.3 is 4.83 Å². The van der Waals surface area contributed by atoms with E-state index in [0.29, 0.717) is 0 Å². The molecule has 0 aromatic carbocycles. The molecule has 0 aliphatic carbocycles. The summed E-state index contributed by atoms with van der Waals surface area (Å²) in [5.74, 6) is -0.880. The molecule has 0 radical (unpaired) electrons. The fourth-order valence-electron chi connectivity index (χ4n) is 0.422. The number of carbonyl (C=O) groups excluding carboxylic acids is 1. The lowest BCUT2D eigenvalue weighted by Crippen LogP contribution is -2.34. The summed E-state index contributed by atoms with van der Waals surface area (Å²) in [4.78, 5) is 6.25. The summed E-state index contributed by atoms with van der Waals surface area (Å²) in [6.45, 7) is 0. The topological polar surface area (TPSA) is 43.1 Å². The fourth-order valence-corrected chi connectivity index (χ4v) is 0.715. The van der Waals surface area contributed by atoms with Crippen LogP contribution in [0.3, 0.4) is 0 Å². The number of alkyl halides is 5. The molecule has 0 bridgehead atoms. The van der Waals surface area contributed by atoms with E-state index in [4.69, 9.17) is 11.6 Å². The number of carbonyl (C=O) groups is 1. The average molecular weight is 268 g/mol. The van der Waals surface area contributed by atoms with Gasteiger partial charge in [-0.15, -0.1) is 0 Å². The molecule has 1 amide bonds. The van der Waals surface area contributed by atoms with Gasteiger partial charge in [0.2, 0.25) is 5.91 Å². The summed E-state index contributed by atoms with van der Waals surface area (Å²) in [7, 11) is 0. The largest absolute Gasteiger partial charge is 0.370 e. The summed E-state index contributed by atoms with van der Waals surface area (Å²) < 4.78 is 37.1. The quantitative estimate of drug-likeness (QED) is 0.780. The molecule has 0 aliphatic heterocycles. The standard InChI is InChI=1S/C5H6BrClF3NO/c6-5(9,10)4(7,8)2-1-3(11)12/h1-2H2,(H2,11,12)/t4-/m0/s1. The lowest BCUT2D eigenvalue weighted by Gasteiger charge is -2.22. The van der Waals surface area contributed by atoms with Crippen LogP contribution in [0.1, 0.15) is 12.8 Å². The molecule has 2 N–H and O–H groups in total. The Morgan fingerprint density at radius 2 is 1.92 bits per heavy atom. The average Bonchev–Trinajstić information content (AvgIpc) is 1.81. The molecule has 0 spiro atoms. The van der Waals surface area contributed by atoms with Crippen molar-refractivity contribution in [2.45, 2.75) is 22.8 Å². The Labute approximate surface area is 80.4 Å². The van der Waals surface area contributed by atoms with Crippen LogP contribution in [-0.2, 0) is 4.79 Å². The van der Waals surface area contributed by atoms with Crippen LogP contribution in [0.25, 0.3) is 0 Å². The Kier molecular flexibility index (Phi) is 3.84. The SMILES string of the molecule is NC(=O)CC[C@@](F)(Cl)C(F)(F)Br. The van der Waals surface area contributed by atoms with E-state index < -0.39 is 28.7 Å². The van der Waals surface area contributed by atoms with Crippen LogP contribution in [0.15, 0.2) is 0 Å². The van der Waals surface area contributed by atoms with Gasteiger partial charge in [0.15, 0.2) is 0 Å². The fraction of sp³-hybridized carbons (Fsp3) is 0.800. The van der Waals surface area contributed by atoms with Crippen LogP contribution in [-0.4, -0.2) is 15.9 Å². The second-order valence-corrected chi connectivity index (χ2v) is 3.76. The van der Waals surface area contributed by atoms with Gasteiger partial charge in [0, 0.05) is 12.8 Å². The molecule has 0 aromatic rings. The van der Waals surface area contributed by atoms with Gasteiger partial charge in [-0.25, -0.2) is 4.39 Å². The van der Waals surface area contributed by atoms with Crippen molar-refractivity contribution in [3.05, 3.63) is 0 Å². The molecule has 0 aliphatic rings. The minimum Gasteiger partial charge on any atom is -0.370 e. The molecular weight excluding hydrogens is 262 g/mol. The molecule has 12 heavy (non-hydrogen) atoms. The van der Waals surface area contributed by atoms with E-state index in [1.54, 1.807) is 15.9 Å². The second-order valence-electron chi connectivity index (χ2n) is 2.17. The molecule has 2 nitrogen and oxygen atoms in total. The van der Waals surface area contributed by atoms with Crippen molar-refractivity contribution in [2.24, 2.45) is 5.73 Å². The first-order valence-corrected chi connectivity index (χ1v) is 4.07. The van der Waals surface area contributed by atoms with Crippen LogP contribution >= 0.6 is 27.5 Å². The van der Waals surface area contributed by atoms with Crippen molar-refractivity contribution in [3.8, 4) is 0 Å². The summed E-state index contributed by atoms with van der Waals surface area (Å²) in [5, 5.41) is -3.28. The number of nitrogens with two attached hydrogens (primary N) is 1. The number of primary amides is 1. The van der Waals surface area contributed by atoms with E-state index in [-0.39, 0.29) is 0 Å². The molecule has 72 valence electrons. The Bertz CT molecular complexity index is 182. The molecule has 0 aromatic heterocycles. The molecule has 0 unspecified atom stereocenters. The highest BCUT2D eigenvalue weighted by Crippen LogP contribution is 2.44. The number of hydrogen-bond acceptors (Lipinski definition) is 1. The third kappa shape index (κ3) is 3.62. The molecule has 0 fully saturated rings. The van der Waals surface area contributed by atoms with E-state index in [1.807, 2.05) is 0 Å². The lowest BCUT2D eigenvalue weighted by atomic mass is 10.2. The molecule has 0 heterocycles. The number of amides is 1. The highest BCUT2D eigenvalue weighted by Gasteiger charge is 2.51. The third-order valence-corrected chi connectivity index (χ3v) is 2.38. The Hall–Kier alpha value is 0.0300. The number of halogens is 5. The maximum absolute atomic E-state index is 12.7. The normalized spacial score (nSPS) is 17.1. The molecule has 7 heteroatoms. The van der Waals surface area contributed by atoms with Crippen molar-refractivity contribution < 1.29 is 18.0 Å². The minimum absolute atomic E-state index is 0.527. The lowest BCUT2D eigenvalue weighted by molar-refractivity contribution is -0.119. The zero-order valence-corrected chi connectivity index (χ0v) is 8.13. The summed E-state index contributed by atoms with van der Waals surface area (Å²) in [6.07, 6.45) is -1.36. The predicted molar refractivity (Wildman–Crippen MR) is 42.0 cm³/mol. The van der Waals surface area contributed by atoms with E-state index in [0.717, 1.165) is 0 Å². The summed E-state index contributed by atoms with van der Waals surface area (Å²) >= 11 is 6.54. The van der Waals surface area contributed by atoms with E-state index in [2.05, 4.69) is 5.73 Å². The Balaban J connectivity index is 4.14. The molecule has 1 atom stereocenters. The molecule has 0 saturated carbocycles. The van der Waals surface area contributed by atoms with Gasteiger partial charge in [0.1, 0.15) is 0 Å². The van der Waals surface area contributed by atoms with Gasteiger partial charge in [0.25, 0.3) is 5.13 Å². The molecule has 0 saturated heterocycles. The first kappa shape index (κ1) is 12.0. The highest BCUT2D eigenvalue weighted by molar-refractivity contribution is 9.10. The van der Waals surface area contributed by atoms with E-state index in [1.165, 1.54) is 0 Å². The van der Waals surface area contributed by atoms with E-state index >= 15 is 0 Å². The van der Waals surface area contributed by atoms with Gasteiger partial charge < -0.3 is 5.73 Å². The molecular formula is C5H6BrClF3NO. The number of rotatable bonds is 4. The monoisotopic (exact) mass is 267 g/mol. The van der Waals surface area contributed by atoms with Gasteiger partial charge in [-0.1, -0.05) is 11.6 Å². The Morgan fingerprint density at radius 1 is 1.50 bits per heavy atom. The maximum atomic E-state index is 12.7. The van der Waals surface area contributed by atoms with Gasteiger partial charge in [-0.2, -0.15) is 8.78 Å². The van der Waals surface area contributed by atoms with Crippen molar-refractivity contribution in [1.82, 2.24) is 0 Å². The van der Waals surface area contributed by atoms with Crippen molar-refractivity contribution in [3.63, 3.8) is 0 Å². The van der Waals surface area contributed by atoms with Crippen molar-refractivity contribution in [2.75, 3.05) is 0 Å². The van der Waals surface area contributed by atoms with Crippen molar-refractivity contribution in [1.29, 1.82) is 0 Å². The van der Waals surface area contributed by atoms with Crippen LogP contribution in [0.4, 0.5) is 13.2 Å². The summed E-state index contributed by atoms with van der Waals surface area (Å²) in [5.41, 5.74) is 4.62. The van der Waals surface area contributed by atoms with E-state index in [9.17, 15) is 18.0 Å². The van der Waals surface area contributed by atoms with Crippen LogP contribution in [0.5, 0.6) is 0 Å². The third-order valence-electron chi connectivity index (χ3n) is 1.10.